The van der Waals surface area contributed by atoms with Crippen molar-refractivity contribution in [2.75, 3.05) is 4.72 Å². The van der Waals surface area contributed by atoms with E-state index in [9.17, 15) is 17.6 Å². The van der Waals surface area contributed by atoms with Crippen LogP contribution in [-0.2, 0) is 10.0 Å². The molecule has 108 valence electrons. The molecule has 2 aromatic rings. The van der Waals surface area contributed by atoms with Crippen LogP contribution in [0.2, 0.25) is 0 Å². The van der Waals surface area contributed by atoms with Crippen LogP contribution < -0.4 is 4.72 Å². The first-order valence-corrected chi connectivity index (χ1v) is 6.83. The highest BCUT2D eigenvalue weighted by Crippen LogP contribution is 2.22. The maximum atomic E-state index is 13.4. The van der Waals surface area contributed by atoms with Gasteiger partial charge in [-0.2, -0.15) is 18.8 Å². The standard InChI is InChI=1S/C11H7FN4O4S/c12-8-2-1-3-9(6(8)4-13)16-21(19,20)10-7(11(17)18)5-14-15-10/h1-3,5,16H,(H,14,15)(H,17,18). The average molecular weight is 310 g/mol. The number of aromatic nitrogens is 2. The fraction of sp³-hybridized carbons (Fsp3) is 0. The summed E-state index contributed by atoms with van der Waals surface area (Å²) in [4.78, 5) is 10.9. The number of hydrogen-bond donors (Lipinski definition) is 3. The molecule has 0 spiro atoms. The minimum absolute atomic E-state index is 0.302. The molecule has 1 aromatic carbocycles. The monoisotopic (exact) mass is 310 g/mol. The normalized spacial score (nSPS) is 10.9. The molecule has 10 heteroatoms. The minimum atomic E-state index is -4.36. The van der Waals surface area contributed by atoms with Crippen molar-refractivity contribution in [3.05, 3.63) is 41.3 Å². The van der Waals surface area contributed by atoms with Crippen LogP contribution in [0.3, 0.4) is 0 Å². The number of H-pyrrole nitrogens is 1. The summed E-state index contributed by atoms with van der Waals surface area (Å²) in [7, 11) is -4.36. The maximum absolute atomic E-state index is 13.4. The molecule has 0 saturated heterocycles. The lowest BCUT2D eigenvalue weighted by Crippen LogP contribution is -2.17. The summed E-state index contributed by atoms with van der Waals surface area (Å²) in [5.41, 5.74) is -1.38. The highest BCUT2D eigenvalue weighted by atomic mass is 32.2. The molecule has 2 rings (SSSR count). The second-order valence-electron chi connectivity index (χ2n) is 3.80. The predicted molar refractivity (Wildman–Crippen MR) is 67.5 cm³/mol. The van der Waals surface area contributed by atoms with Crippen molar-refractivity contribution in [2.45, 2.75) is 5.03 Å². The van der Waals surface area contributed by atoms with Gasteiger partial charge in [0.2, 0.25) is 0 Å². The molecule has 0 amide bonds. The van der Waals surface area contributed by atoms with E-state index >= 15 is 0 Å². The number of nitrogens with zero attached hydrogens (tertiary/aromatic N) is 2. The Morgan fingerprint density at radius 3 is 2.81 bits per heavy atom. The van der Waals surface area contributed by atoms with Crippen LogP contribution >= 0.6 is 0 Å². The summed E-state index contributed by atoms with van der Waals surface area (Å²) in [5, 5.41) is 22.4. The van der Waals surface area contributed by atoms with Gasteiger partial charge in [0.1, 0.15) is 23.0 Å². The summed E-state index contributed by atoms with van der Waals surface area (Å²) < 4.78 is 39.5. The second-order valence-corrected chi connectivity index (χ2v) is 5.42. The quantitative estimate of drug-likeness (QED) is 0.768. The van der Waals surface area contributed by atoms with E-state index in [1.807, 2.05) is 9.82 Å². The maximum Gasteiger partial charge on any atom is 0.340 e. The number of benzene rings is 1. The molecule has 0 saturated carbocycles. The summed E-state index contributed by atoms with van der Waals surface area (Å²) in [6.45, 7) is 0. The van der Waals surface area contributed by atoms with Crippen LogP contribution in [0.15, 0.2) is 29.4 Å². The van der Waals surface area contributed by atoms with Crippen molar-refractivity contribution in [2.24, 2.45) is 0 Å². The van der Waals surface area contributed by atoms with Crippen molar-refractivity contribution in [3.8, 4) is 6.07 Å². The van der Waals surface area contributed by atoms with E-state index in [1.54, 1.807) is 0 Å². The first kappa shape index (κ1) is 14.5. The number of aromatic carboxylic acids is 1. The lowest BCUT2D eigenvalue weighted by molar-refractivity contribution is 0.0692. The molecule has 0 aliphatic heterocycles. The highest BCUT2D eigenvalue weighted by molar-refractivity contribution is 7.92. The summed E-state index contributed by atoms with van der Waals surface area (Å²) >= 11 is 0. The van der Waals surface area contributed by atoms with Gasteiger partial charge in [0, 0.05) is 0 Å². The van der Waals surface area contributed by atoms with E-state index in [0.29, 0.717) is 0 Å². The number of nitrogens with one attached hydrogen (secondary N) is 2. The molecular weight excluding hydrogens is 303 g/mol. The van der Waals surface area contributed by atoms with Crippen molar-refractivity contribution in [1.82, 2.24) is 10.2 Å². The Labute approximate surface area is 117 Å². The van der Waals surface area contributed by atoms with E-state index in [0.717, 1.165) is 12.3 Å². The van der Waals surface area contributed by atoms with Crippen LogP contribution in [0.5, 0.6) is 0 Å². The first-order chi connectivity index (χ1) is 9.86. The Hall–Kier alpha value is -2.93. The van der Waals surface area contributed by atoms with E-state index in [4.69, 9.17) is 10.4 Å². The zero-order chi connectivity index (χ0) is 15.6. The first-order valence-electron chi connectivity index (χ1n) is 5.35. The number of halogens is 1. The smallest absolute Gasteiger partial charge is 0.340 e. The van der Waals surface area contributed by atoms with Crippen molar-refractivity contribution in [3.63, 3.8) is 0 Å². The predicted octanol–water partition coefficient (Wildman–Crippen LogP) is 0.919. The second kappa shape index (κ2) is 5.22. The molecule has 0 aliphatic rings. The van der Waals surface area contributed by atoms with E-state index in [2.05, 4.69) is 5.10 Å². The number of anilines is 1. The fourth-order valence-corrected chi connectivity index (χ4v) is 2.71. The molecular formula is C11H7FN4O4S. The van der Waals surface area contributed by atoms with Gasteiger partial charge in [-0.3, -0.25) is 9.82 Å². The summed E-state index contributed by atoms with van der Waals surface area (Å²) in [6.07, 6.45) is 0.827. The van der Waals surface area contributed by atoms with Gasteiger partial charge in [0.05, 0.1) is 11.9 Å². The summed E-state index contributed by atoms with van der Waals surface area (Å²) in [6, 6.07) is 4.90. The number of rotatable bonds is 4. The van der Waals surface area contributed by atoms with Crippen molar-refractivity contribution in [1.29, 1.82) is 5.26 Å². The van der Waals surface area contributed by atoms with Gasteiger partial charge in [-0.05, 0) is 12.1 Å². The number of nitriles is 1. The minimum Gasteiger partial charge on any atom is -0.478 e. The number of carboxylic acids is 1. The number of carboxylic acid groups (broad SMARTS) is 1. The van der Waals surface area contributed by atoms with E-state index in [-0.39, 0.29) is 5.69 Å². The Kier molecular flexibility index (Phi) is 3.60. The van der Waals surface area contributed by atoms with Gasteiger partial charge in [-0.25, -0.2) is 9.18 Å². The Balaban J connectivity index is 2.49. The molecule has 0 radical (unpaired) electrons. The number of carbonyl (C=O) groups is 1. The van der Waals surface area contributed by atoms with Gasteiger partial charge in [-0.15, -0.1) is 0 Å². The highest BCUT2D eigenvalue weighted by Gasteiger charge is 2.26. The topological polar surface area (TPSA) is 136 Å². The molecule has 1 aromatic heterocycles. The van der Waals surface area contributed by atoms with Gasteiger partial charge in [0.25, 0.3) is 10.0 Å². The molecule has 0 fully saturated rings. The van der Waals surface area contributed by atoms with Gasteiger partial charge < -0.3 is 5.11 Å². The molecule has 0 aliphatic carbocycles. The zero-order valence-corrected chi connectivity index (χ0v) is 11.0. The lowest BCUT2D eigenvalue weighted by atomic mass is 10.2. The van der Waals surface area contributed by atoms with Crippen LogP contribution in [0.4, 0.5) is 10.1 Å². The van der Waals surface area contributed by atoms with Gasteiger partial charge in [0.15, 0.2) is 5.03 Å². The van der Waals surface area contributed by atoms with Gasteiger partial charge in [-0.1, -0.05) is 6.07 Å². The lowest BCUT2D eigenvalue weighted by Gasteiger charge is -2.08. The molecule has 0 atom stereocenters. The molecule has 0 unspecified atom stereocenters. The van der Waals surface area contributed by atoms with Gasteiger partial charge >= 0.3 is 5.97 Å². The Bertz CT molecular complexity index is 853. The van der Waals surface area contributed by atoms with E-state index < -0.39 is 38.0 Å². The third kappa shape index (κ3) is 2.67. The molecule has 8 nitrogen and oxygen atoms in total. The fourth-order valence-electron chi connectivity index (χ4n) is 1.55. The number of sulfonamides is 1. The number of hydrogen-bond acceptors (Lipinski definition) is 5. The van der Waals surface area contributed by atoms with Crippen molar-refractivity contribution < 1.29 is 22.7 Å². The largest absolute Gasteiger partial charge is 0.478 e. The van der Waals surface area contributed by atoms with Crippen LogP contribution in [0.1, 0.15) is 15.9 Å². The third-order valence-corrected chi connectivity index (χ3v) is 3.81. The number of aromatic amines is 1. The summed E-state index contributed by atoms with van der Waals surface area (Å²) in [5.74, 6) is -2.40. The van der Waals surface area contributed by atoms with Crippen LogP contribution in [-0.4, -0.2) is 29.7 Å². The zero-order valence-electron chi connectivity index (χ0n) is 10.2. The van der Waals surface area contributed by atoms with E-state index in [1.165, 1.54) is 18.2 Å². The van der Waals surface area contributed by atoms with Crippen molar-refractivity contribution >= 4 is 21.7 Å². The molecule has 21 heavy (non-hydrogen) atoms. The third-order valence-electron chi connectivity index (χ3n) is 2.47. The molecule has 0 bridgehead atoms. The average Bonchev–Trinajstić information content (AvgIpc) is 2.88. The Morgan fingerprint density at radius 1 is 1.48 bits per heavy atom. The molecule has 3 N–H and O–H groups in total. The Morgan fingerprint density at radius 2 is 2.19 bits per heavy atom. The van der Waals surface area contributed by atoms with Crippen LogP contribution in [0, 0.1) is 17.1 Å². The molecule has 1 heterocycles. The van der Waals surface area contributed by atoms with Crippen LogP contribution in [0.25, 0.3) is 0 Å². The SMILES string of the molecule is N#Cc1c(F)cccc1NS(=O)(=O)c1[nH]ncc1C(=O)O.